The summed E-state index contributed by atoms with van der Waals surface area (Å²) in [5.41, 5.74) is 6.14. The van der Waals surface area contributed by atoms with Crippen LogP contribution in [0, 0.1) is 0 Å². The van der Waals surface area contributed by atoms with Gasteiger partial charge < -0.3 is 10.5 Å². The molecule has 7 heteroatoms. The molecule has 5 nitrogen and oxygen atoms in total. The summed E-state index contributed by atoms with van der Waals surface area (Å²) in [6, 6.07) is 3.00. The van der Waals surface area contributed by atoms with Gasteiger partial charge in [0.2, 0.25) is 10.0 Å². The minimum atomic E-state index is -3.59. The molecule has 1 aromatic rings. The molecule has 1 aromatic carbocycles. The maximum atomic E-state index is 12.6. The zero-order valence-corrected chi connectivity index (χ0v) is 13.7. The summed E-state index contributed by atoms with van der Waals surface area (Å²) >= 11 is 3.26. The standard InChI is InChI=1S/C12H19BrN2O3S/c1-4-6-15(5-2)19(16,17)12-8-10(14)9(13)7-11(12)18-3/h7-8H,4-6,14H2,1-3H3. The predicted molar refractivity (Wildman–Crippen MR) is 79.8 cm³/mol. The number of benzene rings is 1. The van der Waals surface area contributed by atoms with Gasteiger partial charge in [-0.15, -0.1) is 0 Å². The zero-order valence-electron chi connectivity index (χ0n) is 11.3. The molecule has 0 saturated carbocycles. The fourth-order valence-electron chi connectivity index (χ4n) is 1.75. The number of sulfonamides is 1. The van der Waals surface area contributed by atoms with Crippen molar-refractivity contribution in [1.82, 2.24) is 4.31 Å². The fraction of sp³-hybridized carbons (Fsp3) is 0.500. The van der Waals surface area contributed by atoms with Crippen LogP contribution in [0.25, 0.3) is 0 Å². The highest BCUT2D eigenvalue weighted by Gasteiger charge is 2.27. The first-order valence-electron chi connectivity index (χ1n) is 6.01. The molecule has 108 valence electrons. The van der Waals surface area contributed by atoms with Crippen molar-refractivity contribution in [2.45, 2.75) is 25.2 Å². The Morgan fingerprint density at radius 2 is 2.00 bits per heavy atom. The maximum absolute atomic E-state index is 12.6. The molecule has 0 amide bonds. The molecule has 0 unspecified atom stereocenters. The lowest BCUT2D eigenvalue weighted by atomic mass is 10.3. The third-order valence-electron chi connectivity index (χ3n) is 2.73. The quantitative estimate of drug-likeness (QED) is 0.799. The summed E-state index contributed by atoms with van der Waals surface area (Å²) in [7, 11) is -2.15. The lowest BCUT2D eigenvalue weighted by molar-refractivity contribution is 0.392. The van der Waals surface area contributed by atoms with Crippen molar-refractivity contribution >= 4 is 31.6 Å². The first-order chi connectivity index (χ1) is 8.88. The van der Waals surface area contributed by atoms with Crippen LogP contribution in [0.3, 0.4) is 0 Å². The summed E-state index contributed by atoms with van der Waals surface area (Å²) in [6.45, 7) is 4.63. The molecule has 1 rings (SSSR count). The van der Waals surface area contributed by atoms with Crippen molar-refractivity contribution in [3.8, 4) is 5.75 Å². The molecule has 0 aliphatic carbocycles. The third-order valence-corrected chi connectivity index (χ3v) is 5.41. The molecule has 0 aliphatic heterocycles. The van der Waals surface area contributed by atoms with Crippen LogP contribution in [0.1, 0.15) is 20.3 Å². The smallest absolute Gasteiger partial charge is 0.246 e. The Balaban J connectivity index is 3.38. The van der Waals surface area contributed by atoms with Crippen LogP contribution in [0.15, 0.2) is 21.5 Å². The molecule has 0 saturated heterocycles. The highest BCUT2D eigenvalue weighted by Crippen LogP contribution is 2.33. The van der Waals surface area contributed by atoms with E-state index in [2.05, 4.69) is 15.9 Å². The van der Waals surface area contributed by atoms with Gasteiger partial charge in [-0.1, -0.05) is 13.8 Å². The lowest BCUT2D eigenvalue weighted by Gasteiger charge is -2.21. The lowest BCUT2D eigenvalue weighted by Crippen LogP contribution is -2.32. The minimum absolute atomic E-state index is 0.103. The Hall–Kier alpha value is -0.790. The van der Waals surface area contributed by atoms with E-state index in [1.165, 1.54) is 17.5 Å². The van der Waals surface area contributed by atoms with Gasteiger partial charge in [0, 0.05) is 23.2 Å². The number of anilines is 1. The largest absolute Gasteiger partial charge is 0.495 e. The third kappa shape index (κ3) is 3.40. The number of methoxy groups -OCH3 is 1. The number of rotatable bonds is 6. The summed E-state index contributed by atoms with van der Waals surface area (Å²) in [6.07, 6.45) is 0.751. The highest BCUT2D eigenvalue weighted by atomic mass is 79.9. The number of hydrogen-bond donors (Lipinski definition) is 1. The number of nitrogens with zero attached hydrogens (tertiary/aromatic N) is 1. The summed E-state index contributed by atoms with van der Waals surface area (Å²) < 4.78 is 32.3. The van der Waals surface area contributed by atoms with E-state index in [1.54, 1.807) is 6.07 Å². The number of ether oxygens (including phenoxy) is 1. The molecule has 0 aromatic heterocycles. The van der Waals surface area contributed by atoms with Gasteiger partial charge in [-0.05, 0) is 34.5 Å². The first kappa shape index (κ1) is 16.3. The number of nitrogens with two attached hydrogens (primary N) is 1. The number of halogens is 1. The second kappa shape index (κ2) is 6.58. The van der Waals surface area contributed by atoms with E-state index in [1.807, 2.05) is 13.8 Å². The van der Waals surface area contributed by atoms with Gasteiger partial charge in [0.05, 0.1) is 7.11 Å². The molecular formula is C12H19BrN2O3S. The van der Waals surface area contributed by atoms with Crippen LogP contribution >= 0.6 is 15.9 Å². The summed E-state index contributed by atoms with van der Waals surface area (Å²) in [5.74, 6) is 0.288. The molecule has 0 bridgehead atoms. The molecule has 2 N–H and O–H groups in total. The number of hydrogen-bond acceptors (Lipinski definition) is 4. The topological polar surface area (TPSA) is 72.6 Å². The predicted octanol–water partition coefficient (Wildman–Crippen LogP) is 2.46. The van der Waals surface area contributed by atoms with Crippen molar-refractivity contribution in [3.63, 3.8) is 0 Å². The van der Waals surface area contributed by atoms with Crippen LogP contribution in [0.2, 0.25) is 0 Å². The van der Waals surface area contributed by atoms with Crippen molar-refractivity contribution in [3.05, 3.63) is 16.6 Å². The molecule has 0 heterocycles. The van der Waals surface area contributed by atoms with E-state index < -0.39 is 10.0 Å². The van der Waals surface area contributed by atoms with Gasteiger partial charge in [0.15, 0.2) is 0 Å². The van der Waals surface area contributed by atoms with Gasteiger partial charge in [-0.3, -0.25) is 0 Å². The van der Waals surface area contributed by atoms with Crippen LogP contribution in [0.4, 0.5) is 5.69 Å². The van der Waals surface area contributed by atoms with Crippen molar-refractivity contribution in [2.75, 3.05) is 25.9 Å². The Morgan fingerprint density at radius 3 is 2.47 bits per heavy atom. The molecule has 0 aliphatic rings. The van der Waals surface area contributed by atoms with E-state index in [0.29, 0.717) is 23.2 Å². The molecule has 0 spiro atoms. The van der Waals surface area contributed by atoms with Gasteiger partial charge >= 0.3 is 0 Å². The molecular weight excluding hydrogens is 332 g/mol. The van der Waals surface area contributed by atoms with Crippen molar-refractivity contribution in [2.24, 2.45) is 0 Å². The average Bonchev–Trinajstić information content (AvgIpc) is 2.38. The normalized spacial score (nSPS) is 11.8. The van der Waals surface area contributed by atoms with E-state index >= 15 is 0 Å². The monoisotopic (exact) mass is 350 g/mol. The van der Waals surface area contributed by atoms with Gasteiger partial charge in [-0.2, -0.15) is 4.31 Å². The highest BCUT2D eigenvalue weighted by molar-refractivity contribution is 9.10. The molecule has 0 radical (unpaired) electrons. The fourth-order valence-corrected chi connectivity index (χ4v) is 3.78. The van der Waals surface area contributed by atoms with E-state index in [-0.39, 0.29) is 10.6 Å². The summed E-state index contributed by atoms with van der Waals surface area (Å²) in [4.78, 5) is 0.103. The van der Waals surface area contributed by atoms with E-state index in [9.17, 15) is 8.42 Å². The Labute approximate surface area is 122 Å². The zero-order chi connectivity index (χ0) is 14.6. The van der Waals surface area contributed by atoms with Crippen molar-refractivity contribution < 1.29 is 13.2 Å². The Kier molecular flexibility index (Phi) is 5.64. The van der Waals surface area contributed by atoms with Crippen LogP contribution in [0.5, 0.6) is 5.75 Å². The van der Waals surface area contributed by atoms with Crippen LogP contribution < -0.4 is 10.5 Å². The molecule has 19 heavy (non-hydrogen) atoms. The van der Waals surface area contributed by atoms with Gasteiger partial charge in [0.1, 0.15) is 10.6 Å². The molecule has 0 fully saturated rings. The Bertz CT molecular complexity index is 546. The number of nitrogen functional groups attached to an aromatic ring is 1. The summed E-state index contributed by atoms with van der Waals surface area (Å²) in [5, 5.41) is 0. The second-order valence-corrected chi connectivity index (χ2v) is 6.78. The first-order valence-corrected chi connectivity index (χ1v) is 8.24. The molecule has 0 atom stereocenters. The van der Waals surface area contributed by atoms with E-state index in [4.69, 9.17) is 10.5 Å². The van der Waals surface area contributed by atoms with Gasteiger partial charge in [0.25, 0.3) is 0 Å². The van der Waals surface area contributed by atoms with Crippen LogP contribution in [-0.2, 0) is 10.0 Å². The van der Waals surface area contributed by atoms with Crippen LogP contribution in [-0.4, -0.2) is 32.9 Å². The minimum Gasteiger partial charge on any atom is -0.495 e. The van der Waals surface area contributed by atoms with Crippen molar-refractivity contribution in [1.29, 1.82) is 0 Å². The second-order valence-electron chi connectivity index (χ2n) is 4.02. The average molecular weight is 351 g/mol. The maximum Gasteiger partial charge on any atom is 0.246 e. The SMILES string of the molecule is CCCN(CC)S(=O)(=O)c1cc(N)c(Br)cc1OC. The Morgan fingerprint density at radius 1 is 1.37 bits per heavy atom. The van der Waals surface area contributed by atoms with E-state index in [0.717, 1.165) is 6.42 Å². The van der Waals surface area contributed by atoms with Gasteiger partial charge in [-0.25, -0.2) is 8.42 Å².